The van der Waals surface area contributed by atoms with E-state index in [1.807, 2.05) is 0 Å². The first kappa shape index (κ1) is 11.9. The first-order valence-corrected chi connectivity index (χ1v) is 5.27. The van der Waals surface area contributed by atoms with Crippen molar-refractivity contribution in [2.24, 2.45) is 0 Å². The topological polar surface area (TPSA) is 53.2 Å². The molecule has 1 N–H and O–H groups in total. The Labute approximate surface area is 97.4 Å². The van der Waals surface area contributed by atoms with E-state index in [1.54, 1.807) is 19.9 Å². The molecule has 0 amide bonds. The molecule has 1 aromatic rings. The van der Waals surface area contributed by atoms with Gasteiger partial charge in [0.1, 0.15) is 16.0 Å². The van der Waals surface area contributed by atoms with Crippen LogP contribution in [0.2, 0.25) is 0 Å². The third-order valence-corrected chi connectivity index (χ3v) is 3.01. The van der Waals surface area contributed by atoms with Crippen LogP contribution in [0.25, 0.3) is 0 Å². The maximum atomic E-state index is 9.69. The van der Waals surface area contributed by atoms with Gasteiger partial charge in [-0.05, 0) is 41.4 Å². The van der Waals surface area contributed by atoms with Crippen LogP contribution in [0.4, 0.5) is 0 Å². The van der Waals surface area contributed by atoms with Gasteiger partial charge in [0.05, 0.1) is 19.1 Å². The molecule has 0 aliphatic heterocycles. The minimum atomic E-state index is -0.268. The minimum Gasteiger partial charge on any atom is -0.506 e. The fraction of sp³-hybridized carbons (Fsp3) is 0.364. The van der Waals surface area contributed by atoms with Crippen LogP contribution in [0.3, 0.4) is 0 Å². The van der Waals surface area contributed by atoms with Gasteiger partial charge in [0.2, 0.25) is 0 Å². The van der Waals surface area contributed by atoms with Crippen LogP contribution in [-0.4, -0.2) is 12.2 Å². The number of nitriles is 1. The molecule has 0 aromatic heterocycles. The van der Waals surface area contributed by atoms with Crippen molar-refractivity contribution in [2.75, 3.05) is 7.11 Å². The maximum Gasteiger partial charge on any atom is 0.141 e. The molecule has 15 heavy (non-hydrogen) atoms. The number of nitrogens with zero attached hydrogens (tertiary/aromatic N) is 1. The van der Waals surface area contributed by atoms with E-state index in [4.69, 9.17) is 10.00 Å². The van der Waals surface area contributed by atoms with Crippen molar-refractivity contribution in [3.05, 3.63) is 21.7 Å². The Morgan fingerprint density at radius 1 is 1.60 bits per heavy atom. The smallest absolute Gasteiger partial charge is 0.141 e. The molecule has 0 fully saturated rings. The van der Waals surface area contributed by atoms with E-state index >= 15 is 0 Å². The molecule has 80 valence electrons. The largest absolute Gasteiger partial charge is 0.506 e. The van der Waals surface area contributed by atoms with Gasteiger partial charge in [-0.2, -0.15) is 5.26 Å². The zero-order chi connectivity index (χ0) is 11.6. The third kappa shape index (κ3) is 2.07. The summed E-state index contributed by atoms with van der Waals surface area (Å²) in [5.74, 6) is 0.406. The highest BCUT2D eigenvalue weighted by atomic mass is 79.9. The highest BCUT2D eigenvalue weighted by molar-refractivity contribution is 9.10. The molecule has 0 aliphatic carbocycles. The normalized spacial score (nSPS) is 11.9. The van der Waals surface area contributed by atoms with Gasteiger partial charge in [-0.15, -0.1) is 0 Å². The fourth-order valence-electron chi connectivity index (χ4n) is 1.37. The zero-order valence-electron chi connectivity index (χ0n) is 8.84. The summed E-state index contributed by atoms with van der Waals surface area (Å²) in [4.78, 5) is 0. The summed E-state index contributed by atoms with van der Waals surface area (Å²) in [5.41, 5.74) is 1.50. The van der Waals surface area contributed by atoms with Crippen LogP contribution in [0.5, 0.6) is 11.5 Å². The number of aryl methyl sites for hydroxylation is 1. The first-order chi connectivity index (χ1) is 7.02. The van der Waals surface area contributed by atoms with Crippen LogP contribution >= 0.6 is 15.9 Å². The molecule has 3 nitrogen and oxygen atoms in total. The van der Waals surface area contributed by atoms with Crippen LogP contribution < -0.4 is 4.74 Å². The Hall–Kier alpha value is -1.21. The van der Waals surface area contributed by atoms with Crippen molar-refractivity contribution >= 4 is 15.9 Å². The van der Waals surface area contributed by atoms with Gasteiger partial charge >= 0.3 is 0 Å². The second kappa shape index (κ2) is 4.54. The molecular weight excluding hydrogens is 258 g/mol. The number of halogens is 1. The summed E-state index contributed by atoms with van der Waals surface area (Å²) < 4.78 is 5.68. The van der Waals surface area contributed by atoms with E-state index in [0.29, 0.717) is 10.2 Å². The van der Waals surface area contributed by atoms with E-state index in [9.17, 15) is 5.11 Å². The summed E-state index contributed by atoms with van der Waals surface area (Å²) >= 11 is 3.26. The Bertz CT molecular complexity index is 424. The van der Waals surface area contributed by atoms with Crippen molar-refractivity contribution < 1.29 is 9.84 Å². The molecule has 1 unspecified atom stereocenters. The van der Waals surface area contributed by atoms with Crippen LogP contribution in [0.15, 0.2) is 10.5 Å². The van der Waals surface area contributed by atoms with Gasteiger partial charge in [-0.25, -0.2) is 0 Å². The van der Waals surface area contributed by atoms with Crippen molar-refractivity contribution in [1.29, 1.82) is 5.26 Å². The summed E-state index contributed by atoms with van der Waals surface area (Å²) in [5, 5.41) is 18.6. The SMILES string of the molecule is COc1c(C(C)C#N)cc(C)c(O)c1Br. The molecule has 0 aliphatic rings. The average Bonchev–Trinajstić information content (AvgIpc) is 2.24. The monoisotopic (exact) mass is 269 g/mol. The lowest BCUT2D eigenvalue weighted by Crippen LogP contribution is -1.98. The van der Waals surface area contributed by atoms with E-state index in [0.717, 1.165) is 11.1 Å². The van der Waals surface area contributed by atoms with Crippen molar-refractivity contribution in [3.63, 3.8) is 0 Å². The number of benzene rings is 1. The molecule has 0 bridgehead atoms. The van der Waals surface area contributed by atoms with Gasteiger partial charge in [0.25, 0.3) is 0 Å². The lowest BCUT2D eigenvalue weighted by molar-refractivity contribution is 0.397. The Morgan fingerprint density at radius 2 is 2.20 bits per heavy atom. The molecule has 0 heterocycles. The number of phenolic OH excluding ortho intramolecular Hbond substituents is 1. The molecular formula is C11H12BrNO2. The first-order valence-electron chi connectivity index (χ1n) is 4.48. The lowest BCUT2D eigenvalue weighted by Gasteiger charge is -2.14. The quantitative estimate of drug-likeness (QED) is 0.898. The second-order valence-electron chi connectivity index (χ2n) is 3.33. The average molecular weight is 270 g/mol. The zero-order valence-corrected chi connectivity index (χ0v) is 10.4. The maximum absolute atomic E-state index is 9.69. The molecule has 4 heteroatoms. The van der Waals surface area contributed by atoms with E-state index in [1.165, 1.54) is 7.11 Å². The van der Waals surface area contributed by atoms with Crippen LogP contribution in [-0.2, 0) is 0 Å². The second-order valence-corrected chi connectivity index (χ2v) is 4.12. The number of hydrogen-bond acceptors (Lipinski definition) is 3. The predicted octanol–water partition coefficient (Wildman–Crippen LogP) is 3.10. The number of ether oxygens (including phenoxy) is 1. The minimum absolute atomic E-state index is 0.153. The Morgan fingerprint density at radius 3 is 2.67 bits per heavy atom. The highest BCUT2D eigenvalue weighted by Crippen LogP contribution is 2.41. The standard InChI is InChI=1S/C11H12BrNO2/c1-6-4-8(7(2)5-13)11(15-3)9(12)10(6)14/h4,7,14H,1-3H3. The van der Waals surface area contributed by atoms with Crippen molar-refractivity contribution in [3.8, 4) is 17.6 Å². The molecule has 0 saturated heterocycles. The van der Waals surface area contributed by atoms with Crippen molar-refractivity contribution in [1.82, 2.24) is 0 Å². The number of rotatable bonds is 2. The molecule has 1 atom stereocenters. The van der Waals surface area contributed by atoms with Gasteiger partial charge in [0, 0.05) is 5.56 Å². The van der Waals surface area contributed by atoms with E-state index in [2.05, 4.69) is 22.0 Å². The number of methoxy groups -OCH3 is 1. The third-order valence-electron chi connectivity index (χ3n) is 2.28. The van der Waals surface area contributed by atoms with Gasteiger partial charge in [0.15, 0.2) is 0 Å². The summed E-state index contributed by atoms with van der Waals surface area (Å²) in [7, 11) is 1.52. The summed E-state index contributed by atoms with van der Waals surface area (Å²) in [6.07, 6.45) is 0. The molecule has 0 saturated carbocycles. The molecule has 0 spiro atoms. The number of hydrogen-bond donors (Lipinski definition) is 1. The Kier molecular flexibility index (Phi) is 3.59. The van der Waals surface area contributed by atoms with Crippen molar-refractivity contribution in [2.45, 2.75) is 19.8 Å². The summed E-state index contributed by atoms with van der Waals surface area (Å²) in [6, 6.07) is 3.92. The molecule has 0 radical (unpaired) electrons. The van der Waals surface area contributed by atoms with Gasteiger partial charge < -0.3 is 9.84 Å². The number of aromatic hydroxyl groups is 1. The molecule has 1 rings (SSSR count). The predicted molar refractivity (Wildman–Crippen MR) is 61.1 cm³/mol. The summed E-state index contributed by atoms with van der Waals surface area (Å²) in [6.45, 7) is 3.58. The Balaban J connectivity index is 3.46. The number of phenols is 1. The fourth-order valence-corrected chi connectivity index (χ4v) is 2.08. The van der Waals surface area contributed by atoms with Crippen LogP contribution in [0, 0.1) is 18.3 Å². The lowest BCUT2D eigenvalue weighted by atomic mass is 9.99. The van der Waals surface area contributed by atoms with E-state index in [-0.39, 0.29) is 11.7 Å². The van der Waals surface area contributed by atoms with E-state index < -0.39 is 0 Å². The molecule has 1 aromatic carbocycles. The van der Waals surface area contributed by atoms with Crippen LogP contribution in [0.1, 0.15) is 24.0 Å². The highest BCUT2D eigenvalue weighted by Gasteiger charge is 2.18. The van der Waals surface area contributed by atoms with Gasteiger partial charge in [-0.3, -0.25) is 0 Å². The van der Waals surface area contributed by atoms with Gasteiger partial charge in [-0.1, -0.05) is 0 Å².